The molecule has 1 N–H and O–H groups in total. The monoisotopic (exact) mass is 275 g/mol. The molecule has 0 amide bonds. The fraction of sp³-hybridized carbons (Fsp3) is 0.706. The van der Waals surface area contributed by atoms with Gasteiger partial charge in [0.25, 0.3) is 0 Å². The summed E-state index contributed by atoms with van der Waals surface area (Å²) in [5.41, 5.74) is 1.18. The van der Waals surface area contributed by atoms with Crippen LogP contribution in [-0.2, 0) is 6.54 Å². The van der Waals surface area contributed by atoms with Gasteiger partial charge in [-0.05, 0) is 44.0 Å². The third-order valence-electron chi connectivity index (χ3n) is 4.45. The van der Waals surface area contributed by atoms with E-state index in [1.807, 2.05) is 12.3 Å². The van der Waals surface area contributed by atoms with Crippen LogP contribution < -0.4 is 5.32 Å². The second kappa shape index (κ2) is 8.38. The molecule has 0 radical (unpaired) electrons. The number of pyridine rings is 1. The molecule has 1 aromatic heterocycles. The molecule has 1 heterocycles. The molecule has 1 aliphatic rings. The van der Waals surface area contributed by atoms with Crippen LogP contribution in [0.15, 0.2) is 24.4 Å². The van der Waals surface area contributed by atoms with Gasteiger partial charge in [-0.1, -0.05) is 32.8 Å². The van der Waals surface area contributed by atoms with E-state index >= 15 is 0 Å². The average Bonchev–Trinajstić information content (AvgIpc) is 3.01. The van der Waals surface area contributed by atoms with E-state index in [-0.39, 0.29) is 0 Å². The summed E-state index contributed by atoms with van der Waals surface area (Å²) in [4.78, 5) is 6.98. The van der Waals surface area contributed by atoms with Gasteiger partial charge >= 0.3 is 0 Å². The summed E-state index contributed by atoms with van der Waals surface area (Å²) in [6.07, 6.45) is 7.53. The Morgan fingerprint density at radius 3 is 2.70 bits per heavy atom. The highest BCUT2D eigenvalue weighted by atomic mass is 15.2. The quantitative estimate of drug-likeness (QED) is 0.790. The summed E-state index contributed by atoms with van der Waals surface area (Å²) in [5.74, 6) is 0.868. The number of hydrogen-bond donors (Lipinski definition) is 1. The van der Waals surface area contributed by atoms with Crippen molar-refractivity contribution >= 4 is 0 Å². The van der Waals surface area contributed by atoms with Crippen LogP contribution in [0.4, 0.5) is 0 Å². The van der Waals surface area contributed by atoms with E-state index in [0.717, 1.165) is 32.1 Å². The Bertz CT molecular complexity index is 360. The number of nitrogens with one attached hydrogen (secondary N) is 1. The molecule has 3 nitrogen and oxygen atoms in total. The van der Waals surface area contributed by atoms with Gasteiger partial charge in [0.15, 0.2) is 0 Å². The first kappa shape index (κ1) is 15.5. The fourth-order valence-electron chi connectivity index (χ4n) is 3.31. The Morgan fingerprint density at radius 1 is 1.30 bits per heavy atom. The standard InChI is InChI=1S/C17H29N3/c1-3-18-17(15-9-5-6-10-15)14-20(4-2)13-16-11-7-8-12-19-16/h7-8,11-12,15,17-18H,3-6,9-10,13-14H2,1-2H3. The summed E-state index contributed by atoms with van der Waals surface area (Å²) in [6, 6.07) is 6.83. The Kier molecular flexibility index (Phi) is 6.48. The number of aromatic nitrogens is 1. The molecular formula is C17H29N3. The molecule has 0 saturated heterocycles. The van der Waals surface area contributed by atoms with E-state index in [4.69, 9.17) is 0 Å². The first-order chi connectivity index (χ1) is 9.83. The molecule has 1 atom stereocenters. The van der Waals surface area contributed by atoms with Crippen molar-refractivity contribution in [2.24, 2.45) is 5.92 Å². The van der Waals surface area contributed by atoms with Crippen LogP contribution in [-0.4, -0.2) is 35.6 Å². The summed E-state index contributed by atoms with van der Waals surface area (Å²) in [5, 5.41) is 3.71. The summed E-state index contributed by atoms with van der Waals surface area (Å²) < 4.78 is 0. The van der Waals surface area contributed by atoms with Crippen molar-refractivity contribution in [3.8, 4) is 0 Å². The SMILES string of the molecule is CCNC(CN(CC)Cc1ccccn1)C1CCCC1. The van der Waals surface area contributed by atoms with Crippen LogP contribution in [0.2, 0.25) is 0 Å². The van der Waals surface area contributed by atoms with E-state index in [1.54, 1.807) is 0 Å². The zero-order chi connectivity index (χ0) is 14.2. The first-order valence-corrected chi connectivity index (χ1v) is 8.19. The molecule has 112 valence electrons. The molecule has 1 aliphatic carbocycles. The summed E-state index contributed by atoms with van der Waals surface area (Å²) in [6.45, 7) is 8.74. The molecule has 1 unspecified atom stereocenters. The minimum atomic E-state index is 0.645. The van der Waals surface area contributed by atoms with Gasteiger partial charge in [0.2, 0.25) is 0 Å². The maximum atomic E-state index is 4.46. The largest absolute Gasteiger partial charge is 0.313 e. The molecule has 1 aromatic rings. The lowest BCUT2D eigenvalue weighted by Crippen LogP contribution is -2.44. The van der Waals surface area contributed by atoms with E-state index in [9.17, 15) is 0 Å². The zero-order valence-corrected chi connectivity index (χ0v) is 13.0. The summed E-state index contributed by atoms with van der Waals surface area (Å²) in [7, 11) is 0. The normalized spacial score (nSPS) is 17.8. The van der Waals surface area contributed by atoms with Gasteiger partial charge < -0.3 is 5.32 Å². The van der Waals surface area contributed by atoms with Gasteiger partial charge in [0.05, 0.1) is 5.69 Å². The van der Waals surface area contributed by atoms with Gasteiger partial charge in [0, 0.05) is 25.3 Å². The molecule has 1 fully saturated rings. The van der Waals surface area contributed by atoms with Crippen LogP contribution in [0, 0.1) is 5.92 Å². The molecule has 0 aliphatic heterocycles. The molecule has 2 rings (SSSR count). The lowest BCUT2D eigenvalue weighted by molar-refractivity contribution is 0.209. The van der Waals surface area contributed by atoms with Crippen LogP contribution in [0.1, 0.15) is 45.2 Å². The topological polar surface area (TPSA) is 28.2 Å². The molecule has 0 bridgehead atoms. The van der Waals surface area contributed by atoms with E-state index in [2.05, 4.69) is 41.2 Å². The zero-order valence-electron chi connectivity index (χ0n) is 13.0. The van der Waals surface area contributed by atoms with Crippen molar-refractivity contribution < 1.29 is 0 Å². The second-order valence-electron chi connectivity index (χ2n) is 5.86. The van der Waals surface area contributed by atoms with E-state index < -0.39 is 0 Å². The minimum absolute atomic E-state index is 0.645. The highest BCUT2D eigenvalue weighted by molar-refractivity contribution is 5.03. The Morgan fingerprint density at radius 2 is 2.10 bits per heavy atom. The lowest BCUT2D eigenvalue weighted by Gasteiger charge is -2.30. The predicted octanol–water partition coefficient (Wildman–Crippen LogP) is 3.07. The van der Waals surface area contributed by atoms with Crippen molar-refractivity contribution in [1.29, 1.82) is 0 Å². The minimum Gasteiger partial charge on any atom is -0.313 e. The predicted molar refractivity (Wildman–Crippen MR) is 84.6 cm³/mol. The molecule has 20 heavy (non-hydrogen) atoms. The van der Waals surface area contributed by atoms with Crippen molar-refractivity contribution in [2.75, 3.05) is 19.6 Å². The third-order valence-corrected chi connectivity index (χ3v) is 4.45. The van der Waals surface area contributed by atoms with Crippen molar-refractivity contribution in [2.45, 2.75) is 52.1 Å². The van der Waals surface area contributed by atoms with Gasteiger partial charge in [-0.15, -0.1) is 0 Å². The van der Waals surface area contributed by atoms with Crippen molar-refractivity contribution in [3.63, 3.8) is 0 Å². The second-order valence-corrected chi connectivity index (χ2v) is 5.86. The summed E-state index contributed by atoms with van der Waals surface area (Å²) >= 11 is 0. The molecule has 1 saturated carbocycles. The molecular weight excluding hydrogens is 246 g/mol. The van der Waals surface area contributed by atoms with Crippen LogP contribution >= 0.6 is 0 Å². The maximum Gasteiger partial charge on any atom is 0.0543 e. The number of nitrogens with zero attached hydrogens (tertiary/aromatic N) is 2. The third kappa shape index (κ3) is 4.57. The maximum absolute atomic E-state index is 4.46. The van der Waals surface area contributed by atoms with Crippen molar-refractivity contribution in [1.82, 2.24) is 15.2 Å². The average molecular weight is 275 g/mol. The van der Waals surface area contributed by atoms with Crippen LogP contribution in [0.25, 0.3) is 0 Å². The smallest absolute Gasteiger partial charge is 0.0543 e. The molecule has 0 spiro atoms. The molecule has 3 heteroatoms. The van der Waals surface area contributed by atoms with Crippen LogP contribution in [0.3, 0.4) is 0 Å². The highest BCUT2D eigenvalue weighted by Gasteiger charge is 2.25. The van der Waals surface area contributed by atoms with Gasteiger partial charge in [-0.3, -0.25) is 9.88 Å². The fourth-order valence-corrected chi connectivity index (χ4v) is 3.31. The Balaban J connectivity index is 1.92. The highest BCUT2D eigenvalue weighted by Crippen LogP contribution is 2.28. The number of hydrogen-bond acceptors (Lipinski definition) is 3. The number of rotatable bonds is 8. The molecule has 0 aromatic carbocycles. The van der Waals surface area contributed by atoms with Crippen LogP contribution in [0.5, 0.6) is 0 Å². The number of likely N-dealkylation sites (N-methyl/N-ethyl adjacent to an activating group) is 2. The van der Waals surface area contributed by atoms with Crippen molar-refractivity contribution in [3.05, 3.63) is 30.1 Å². The Hall–Kier alpha value is -0.930. The van der Waals surface area contributed by atoms with Gasteiger partial charge in [-0.25, -0.2) is 0 Å². The van der Waals surface area contributed by atoms with E-state index in [0.29, 0.717) is 6.04 Å². The first-order valence-electron chi connectivity index (χ1n) is 8.19. The van der Waals surface area contributed by atoms with E-state index in [1.165, 1.54) is 31.4 Å². The van der Waals surface area contributed by atoms with Gasteiger partial charge in [0.1, 0.15) is 0 Å². The lowest BCUT2D eigenvalue weighted by atomic mass is 9.97. The van der Waals surface area contributed by atoms with Gasteiger partial charge in [-0.2, -0.15) is 0 Å². The Labute approximate surface area is 123 Å².